The number of rotatable bonds is 7. The van der Waals surface area contributed by atoms with Crippen molar-refractivity contribution in [2.24, 2.45) is 17.8 Å². The van der Waals surface area contributed by atoms with E-state index in [0.29, 0.717) is 60.0 Å². The lowest BCUT2D eigenvalue weighted by molar-refractivity contribution is -0.0511. The molecule has 0 radical (unpaired) electrons. The third-order valence-electron chi connectivity index (χ3n) is 10.6. The van der Waals surface area contributed by atoms with Gasteiger partial charge in [-0.1, -0.05) is 73.8 Å². The van der Waals surface area contributed by atoms with Crippen LogP contribution in [-0.4, -0.2) is 79.0 Å². The largest absolute Gasteiger partial charge is 0.445 e. The smallest absolute Gasteiger partial charge is 0.439 e. The van der Waals surface area contributed by atoms with Gasteiger partial charge >= 0.3 is 11.8 Å². The van der Waals surface area contributed by atoms with E-state index in [4.69, 9.17) is 35.6 Å². The Labute approximate surface area is 299 Å². The average molecular weight is 713 g/mol. The van der Waals surface area contributed by atoms with Crippen molar-refractivity contribution in [2.45, 2.75) is 64.8 Å². The molecule has 14 heteroatoms. The van der Waals surface area contributed by atoms with Gasteiger partial charge in [0.25, 0.3) is 0 Å². The average Bonchev–Trinajstić information content (AvgIpc) is 3.74. The predicted molar refractivity (Wildman–Crippen MR) is 191 cm³/mol. The van der Waals surface area contributed by atoms with E-state index in [1.807, 2.05) is 42.5 Å². The predicted octanol–water partition coefficient (Wildman–Crippen LogP) is 6.18. The number of pyridine rings is 2. The van der Waals surface area contributed by atoms with Gasteiger partial charge in [-0.25, -0.2) is 19.6 Å². The van der Waals surface area contributed by atoms with Crippen molar-refractivity contribution in [2.75, 3.05) is 31.1 Å². The summed E-state index contributed by atoms with van der Waals surface area (Å²) in [5.74, 6) is 1.61. The highest BCUT2D eigenvalue weighted by Gasteiger charge is 2.45. The highest BCUT2D eigenvalue weighted by molar-refractivity contribution is 6.30. The van der Waals surface area contributed by atoms with E-state index >= 15 is 0 Å². The van der Waals surface area contributed by atoms with Crippen molar-refractivity contribution < 1.29 is 18.8 Å². The Morgan fingerprint density at radius 2 is 1.88 bits per heavy atom. The summed E-state index contributed by atoms with van der Waals surface area (Å²) in [5.41, 5.74) is 4.29. The van der Waals surface area contributed by atoms with Crippen LogP contribution in [0, 0.1) is 17.8 Å². The Morgan fingerprint density at radius 1 is 1.06 bits per heavy atom. The van der Waals surface area contributed by atoms with E-state index < -0.39 is 5.76 Å². The fourth-order valence-electron chi connectivity index (χ4n) is 8.04. The van der Waals surface area contributed by atoms with Crippen LogP contribution < -0.4 is 10.7 Å². The Bertz CT molecular complexity index is 2070. The maximum Gasteiger partial charge on any atom is 0.439 e. The number of nitrogens with zero attached hydrogens (tertiary/aromatic N) is 7. The molecule has 51 heavy (non-hydrogen) atoms. The monoisotopic (exact) mass is 712 g/mol. The lowest BCUT2D eigenvalue weighted by Crippen LogP contribution is -2.64. The van der Waals surface area contributed by atoms with Gasteiger partial charge < -0.3 is 23.8 Å². The molecule has 6 heterocycles. The van der Waals surface area contributed by atoms with Gasteiger partial charge in [-0.2, -0.15) is 0 Å². The van der Waals surface area contributed by atoms with Crippen molar-refractivity contribution in [3.8, 4) is 22.8 Å². The van der Waals surface area contributed by atoms with Crippen molar-refractivity contribution in [3.63, 3.8) is 0 Å². The van der Waals surface area contributed by atoms with Crippen LogP contribution >= 0.6 is 11.6 Å². The van der Waals surface area contributed by atoms with Crippen LogP contribution in [0.2, 0.25) is 5.02 Å². The SMILES string of the molecule is CC1CCC(Cn2c(N3CCOC4CN(C(=O)OCc5ccccc5)CC(C)C43)nc3cc(-c4noc(=O)[nH]4)nc(-c4cncc(Cl)c4)c32)CC1. The van der Waals surface area contributed by atoms with Crippen molar-refractivity contribution in [1.82, 2.24) is 34.6 Å². The van der Waals surface area contributed by atoms with Gasteiger partial charge in [0.1, 0.15) is 12.3 Å². The van der Waals surface area contributed by atoms with Gasteiger partial charge in [-0.15, -0.1) is 0 Å². The molecule has 3 atom stereocenters. The van der Waals surface area contributed by atoms with Crippen molar-refractivity contribution in [3.05, 3.63) is 76.0 Å². The first kappa shape index (κ1) is 33.4. The summed E-state index contributed by atoms with van der Waals surface area (Å²) < 4.78 is 19.3. The number of imidazole rings is 1. The fourth-order valence-corrected chi connectivity index (χ4v) is 8.21. The van der Waals surface area contributed by atoms with Crippen molar-refractivity contribution in [1.29, 1.82) is 0 Å². The number of amides is 1. The number of fused-ring (bicyclic) bond motifs is 2. The maximum absolute atomic E-state index is 13.3. The first-order valence-corrected chi connectivity index (χ1v) is 18.1. The molecule has 0 spiro atoms. The number of morpholine rings is 1. The molecule has 8 rings (SSSR count). The third kappa shape index (κ3) is 6.84. The number of piperidine rings is 1. The van der Waals surface area contributed by atoms with Crippen LogP contribution in [0.4, 0.5) is 10.7 Å². The topological polar surface area (TPSA) is 144 Å². The Morgan fingerprint density at radius 3 is 2.65 bits per heavy atom. The summed E-state index contributed by atoms with van der Waals surface area (Å²) in [4.78, 5) is 46.8. The Kier molecular flexibility index (Phi) is 9.24. The first-order chi connectivity index (χ1) is 24.8. The molecule has 3 aliphatic rings. The highest BCUT2D eigenvalue weighted by atomic mass is 35.5. The summed E-state index contributed by atoms with van der Waals surface area (Å²) in [7, 11) is 0. The zero-order valence-electron chi connectivity index (χ0n) is 28.7. The highest BCUT2D eigenvalue weighted by Crippen LogP contribution is 2.39. The molecule has 3 unspecified atom stereocenters. The summed E-state index contributed by atoms with van der Waals surface area (Å²) in [6.45, 7) is 7.55. The Balaban J connectivity index is 1.19. The molecule has 1 aromatic carbocycles. The van der Waals surface area contributed by atoms with E-state index in [0.717, 1.165) is 42.0 Å². The fraction of sp³-hybridized carbons (Fsp3) is 0.459. The molecule has 1 N–H and O–H groups in total. The molecule has 1 saturated carbocycles. The number of hydrogen-bond donors (Lipinski definition) is 1. The second-order valence-corrected chi connectivity index (χ2v) is 14.7. The zero-order chi connectivity index (χ0) is 35.1. The van der Waals surface area contributed by atoms with Crippen LogP contribution in [0.5, 0.6) is 0 Å². The summed E-state index contributed by atoms with van der Waals surface area (Å²) >= 11 is 6.47. The number of anilines is 1. The molecule has 5 aromatic rings. The van der Waals surface area contributed by atoms with Gasteiger partial charge in [0, 0.05) is 37.6 Å². The quantitative estimate of drug-likeness (QED) is 0.208. The standard InChI is InChI=1S/C37H41ClN8O5/c1-22-8-10-24(11-9-22)19-46-33-28(15-29(34-42-36(47)51-43-34)40-31(33)26-14-27(38)17-39-16-26)41-35(46)45-12-13-49-30-20-44(18-23(2)32(30)45)37(48)50-21-25-6-4-3-5-7-25/h3-7,14-17,22-24,30,32H,8-13,18-21H2,1-2H3,(H,42,43,47). The molecule has 4 aromatic heterocycles. The van der Waals surface area contributed by atoms with Gasteiger partial charge in [-0.05, 0) is 48.3 Å². The molecule has 2 saturated heterocycles. The van der Waals surface area contributed by atoms with Crippen LogP contribution in [0.3, 0.4) is 0 Å². The minimum Gasteiger partial charge on any atom is -0.445 e. The molecule has 266 valence electrons. The number of halogens is 1. The third-order valence-corrected chi connectivity index (χ3v) is 10.8. The summed E-state index contributed by atoms with van der Waals surface area (Å²) in [6, 6.07) is 13.4. The number of aromatic nitrogens is 6. The van der Waals surface area contributed by atoms with E-state index in [2.05, 4.69) is 38.4 Å². The van der Waals surface area contributed by atoms with Crippen LogP contribution in [0.25, 0.3) is 33.8 Å². The van der Waals surface area contributed by atoms with Gasteiger partial charge in [0.15, 0.2) is 0 Å². The minimum absolute atomic E-state index is 0.0329. The van der Waals surface area contributed by atoms with Crippen LogP contribution in [-0.2, 0) is 22.6 Å². The second-order valence-electron chi connectivity index (χ2n) is 14.2. The van der Waals surface area contributed by atoms with Gasteiger partial charge in [-0.3, -0.25) is 14.5 Å². The lowest BCUT2D eigenvalue weighted by Gasteiger charge is -2.50. The van der Waals surface area contributed by atoms with E-state index in [1.54, 1.807) is 17.3 Å². The summed E-state index contributed by atoms with van der Waals surface area (Å²) in [6.07, 6.45) is 7.39. The van der Waals surface area contributed by atoms with Crippen LogP contribution in [0.15, 0.2) is 64.2 Å². The maximum atomic E-state index is 13.3. The number of carbonyl (C=O) groups is 1. The number of ether oxygens (including phenoxy) is 2. The molecule has 1 aliphatic carbocycles. The van der Waals surface area contributed by atoms with Crippen molar-refractivity contribution >= 4 is 34.7 Å². The Hall–Kier alpha value is -4.75. The normalized spacial score (nSPS) is 23.7. The van der Waals surface area contributed by atoms with E-state index in [1.165, 1.54) is 12.8 Å². The molecule has 1 amide bonds. The number of H-pyrrole nitrogens is 1. The number of nitrogens with one attached hydrogen (secondary N) is 1. The van der Waals surface area contributed by atoms with Gasteiger partial charge in [0.05, 0.1) is 47.0 Å². The number of likely N-dealkylation sites (tertiary alicyclic amines) is 1. The van der Waals surface area contributed by atoms with Gasteiger partial charge in [0.2, 0.25) is 11.8 Å². The first-order valence-electron chi connectivity index (χ1n) is 17.7. The van der Waals surface area contributed by atoms with E-state index in [9.17, 15) is 9.59 Å². The second kappa shape index (κ2) is 14.1. The molecular weight excluding hydrogens is 672 g/mol. The van der Waals surface area contributed by atoms with E-state index in [-0.39, 0.29) is 36.6 Å². The lowest BCUT2D eigenvalue weighted by atomic mass is 9.83. The molecule has 13 nitrogen and oxygen atoms in total. The molecule has 2 aliphatic heterocycles. The molecule has 3 fully saturated rings. The number of carbonyl (C=O) groups excluding carboxylic acids is 1. The minimum atomic E-state index is -0.667. The summed E-state index contributed by atoms with van der Waals surface area (Å²) in [5, 5.41) is 4.41. The zero-order valence-corrected chi connectivity index (χ0v) is 29.5. The number of benzene rings is 1. The number of hydrogen-bond acceptors (Lipinski definition) is 10. The molecule has 0 bridgehead atoms. The van der Waals surface area contributed by atoms with Crippen LogP contribution in [0.1, 0.15) is 45.1 Å². The number of aromatic amines is 1. The molecular formula is C37H41ClN8O5.